The average molecular weight is 302 g/mol. The van der Waals surface area contributed by atoms with E-state index in [-0.39, 0.29) is 17.5 Å². The zero-order valence-electron chi connectivity index (χ0n) is 9.41. The first-order valence-electron chi connectivity index (χ1n) is 5.07. The van der Waals surface area contributed by atoms with Crippen LogP contribution in [0.3, 0.4) is 0 Å². The van der Waals surface area contributed by atoms with Gasteiger partial charge in [-0.3, -0.25) is 4.79 Å². The fourth-order valence-corrected chi connectivity index (χ4v) is 2.54. The SMILES string of the molecule is Cc1cnc(NC(=O)Cc2cc(Cl)cc(Cl)n2)s1. The van der Waals surface area contributed by atoms with Crippen LogP contribution >= 0.6 is 34.5 Å². The summed E-state index contributed by atoms with van der Waals surface area (Å²) in [7, 11) is 0. The summed E-state index contributed by atoms with van der Waals surface area (Å²) in [5.74, 6) is -0.199. The first-order chi connectivity index (χ1) is 8.52. The van der Waals surface area contributed by atoms with Crippen LogP contribution in [-0.4, -0.2) is 15.9 Å². The number of nitrogens with one attached hydrogen (secondary N) is 1. The molecule has 0 unspecified atom stereocenters. The zero-order chi connectivity index (χ0) is 13.1. The average Bonchev–Trinajstić information content (AvgIpc) is 2.61. The molecule has 94 valence electrons. The summed E-state index contributed by atoms with van der Waals surface area (Å²) < 4.78 is 0. The van der Waals surface area contributed by atoms with Gasteiger partial charge in [-0.15, -0.1) is 11.3 Å². The third kappa shape index (κ3) is 3.66. The highest BCUT2D eigenvalue weighted by Crippen LogP contribution is 2.18. The van der Waals surface area contributed by atoms with E-state index in [2.05, 4.69) is 15.3 Å². The minimum absolute atomic E-state index is 0.110. The molecule has 0 aliphatic carbocycles. The van der Waals surface area contributed by atoms with Gasteiger partial charge in [0.05, 0.1) is 12.1 Å². The second kappa shape index (κ2) is 5.65. The molecule has 2 aromatic rings. The molecule has 0 aliphatic heterocycles. The minimum Gasteiger partial charge on any atom is -0.302 e. The Bertz CT molecular complexity index is 565. The molecule has 0 saturated heterocycles. The monoisotopic (exact) mass is 301 g/mol. The van der Waals surface area contributed by atoms with E-state index in [1.807, 2.05) is 6.92 Å². The topological polar surface area (TPSA) is 54.9 Å². The molecular weight excluding hydrogens is 293 g/mol. The number of amides is 1. The second-order valence-corrected chi connectivity index (χ2v) is 5.66. The highest BCUT2D eigenvalue weighted by atomic mass is 35.5. The Morgan fingerprint density at radius 2 is 2.22 bits per heavy atom. The summed E-state index contributed by atoms with van der Waals surface area (Å²) in [6, 6.07) is 3.13. The summed E-state index contributed by atoms with van der Waals surface area (Å²) in [5.41, 5.74) is 0.526. The molecule has 2 aromatic heterocycles. The predicted octanol–water partition coefficient (Wildman–Crippen LogP) is 3.33. The van der Waals surface area contributed by atoms with Gasteiger partial charge in [-0.25, -0.2) is 9.97 Å². The molecular formula is C11H9Cl2N3OS. The van der Waals surface area contributed by atoms with E-state index < -0.39 is 0 Å². The van der Waals surface area contributed by atoms with Crippen molar-refractivity contribution in [1.29, 1.82) is 0 Å². The van der Waals surface area contributed by atoms with Gasteiger partial charge in [-0.1, -0.05) is 23.2 Å². The summed E-state index contributed by atoms with van der Waals surface area (Å²) in [6.45, 7) is 1.92. The van der Waals surface area contributed by atoms with Gasteiger partial charge in [0, 0.05) is 16.1 Å². The van der Waals surface area contributed by atoms with Crippen molar-refractivity contribution in [2.75, 3.05) is 5.32 Å². The molecule has 18 heavy (non-hydrogen) atoms. The smallest absolute Gasteiger partial charge is 0.232 e. The number of halogens is 2. The number of anilines is 1. The lowest BCUT2D eigenvalue weighted by molar-refractivity contribution is -0.115. The number of aryl methyl sites for hydroxylation is 1. The number of rotatable bonds is 3. The lowest BCUT2D eigenvalue weighted by atomic mass is 10.2. The van der Waals surface area contributed by atoms with E-state index in [1.54, 1.807) is 12.3 Å². The fraction of sp³-hybridized carbons (Fsp3) is 0.182. The highest BCUT2D eigenvalue weighted by molar-refractivity contribution is 7.15. The van der Waals surface area contributed by atoms with E-state index >= 15 is 0 Å². The van der Waals surface area contributed by atoms with Gasteiger partial charge in [0.15, 0.2) is 5.13 Å². The minimum atomic E-state index is -0.199. The van der Waals surface area contributed by atoms with Crippen LogP contribution in [0.4, 0.5) is 5.13 Å². The lowest BCUT2D eigenvalue weighted by Gasteiger charge is -2.02. The maximum atomic E-state index is 11.7. The van der Waals surface area contributed by atoms with Crippen LogP contribution in [0, 0.1) is 6.92 Å². The van der Waals surface area contributed by atoms with Gasteiger partial charge in [-0.05, 0) is 19.1 Å². The summed E-state index contributed by atoms with van der Waals surface area (Å²) in [6.07, 6.45) is 1.81. The molecule has 2 rings (SSSR count). The lowest BCUT2D eigenvalue weighted by Crippen LogP contribution is -2.15. The van der Waals surface area contributed by atoms with Crippen molar-refractivity contribution < 1.29 is 4.79 Å². The Morgan fingerprint density at radius 1 is 1.44 bits per heavy atom. The molecule has 4 nitrogen and oxygen atoms in total. The highest BCUT2D eigenvalue weighted by Gasteiger charge is 2.09. The number of hydrogen-bond acceptors (Lipinski definition) is 4. The molecule has 7 heteroatoms. The number of carbonyl (C=O) groups is 1. The Labute approximate surface area is 118 Å². The summed E-state index contributed by atoms with van der Waals surface area (Å²) in [4.78, 5) is 20.8. The van der Waals surface area contributed by atoms with Crippen LogP contribution in [0.1, 0.15) is 10.6 Å². The molecule has 2 heterocycles. The second-order valence-electron chi connectivity index (χ2n) is 3.60. The number of carbonyl (C=O) groups excluding carboxylic acids is 1. The molecule has 0 atom stereocenters. The molecule has 0 fully saturated rings. The van der Waals surface area contributed by atoms with E-state index in [9.17, 15) is 4.79 Å². The van der Waals surface area contributed by atoms with Crippen LogP contribution < -0.4 is 5.32 Å². The molecule has 0 bridgehead atoms. The first-order valence-corrected chi connectivity index (χ1v) is 6.64. The van der Waals surface area contributed by atoms with Crippen LogP contribution in [0.2, 0.25) is 10.2 Å². The standard InChI is InChI=1S/C11H9Cl2N3OS/c1-6-5-14-11(18-6)16-10(17)4-8-2-7(12)3-9(13)15-8/h2-3,5H,4H2,1H3,(H,14,16,17). The Morgan fingerprint density at radius 3 is 2.83 bits per heavy atom. The third-order valence-electron chi connectivity index (χ3n) is 2.02. The molecule has 0 aliphatic rings. The molecule has 1 amide bonds. The molecule has 1 N–H and O–H groups in total. The Hall–Kier alpha value is -1.17. The first kappa shape index (κ1) is 13.3. The quantitative estimate of drug-likeness (QED) is 0.885. The number of pyridine rings is 1. The largest absolute Gasteiger partial charge is 0.302 e. The number of nitrogens with zero attached hydrogens (tertiary/aromatic N) is 2. The van der Waals surface area contributed by atoms with E-state index in [4.69, 9.17) is 23.2 Å². The van der Waals surface area contributed by atoms with Crippen LogP contribution in [0.25, 0.3) is 0 Å². The van der Waals surface area contributed by atoms with E-state index in [0.717, 1.165) is 4.88 Å². The maximum absolute atomic E-state index is 11.7. The van der Waals surface area contributed by atoms with Gasteiger partial charge >= 0.3 is 0 Å². The number of thiazole rings is 1. The van der Waals surface area contributed by atoms with Crippen molar-refractivity contribution in [3.05, 3.63) is 39.1 Å². The number of aromatic nitrogens is 2. The number of hydrogen-bond donors (Lipinski definition) is 1. The van der Waals surface area contributed by atoms with Crippen LogP contribution in [0.15, 0.2) is 18.3 Å². The van der Waals surface area contributed by atoms with Crippen molar-refractivity contribution in [3.63, 3.8) is 0 Å². The normalized spacial score (nSPS) is 10.4. The summed E-state index contributed by atoms with van der Waals surface area (Å²) >= 11 is 13.0. The van der Waals surface area contributed by atoms with Gasteiger partial charge in [0.1, 0.15) is 5.15 Å². The predicted molar refractivity (Wildman–Crippen MR) is 73.4 cm³/mol. The van der Waals surface area contributed by atoms with Gasteiger partial charge in [0.25, 0.3) is 0 Å². The molecule has 0 radical (unpaired) electrons. The van der Waals surface area contributed by atoms with Gasteiger partial charge < -0.3 is 5.32 Å². The third-order valence-corrected chi connectivity index (χ3v) is 3.26. The maximum Gasteiger partial charge on any atom is 0.232 e. The van der Waals surface area contributed by atoms with Crippen LogP contribution in [-0.2, 0) is 11.2 Å². The zero-order valence-corrected chi connectivity index (χ0v) is 11.7. The summed E-state index contributed by atoms with van der Waals surface area (Å²) in [5, 5.41) is 4.00. The van der Waals surface area contributed by atoms with Crippen molar-refractivity contribution in [2.24, 2.45) is 0 Å². The van der Waals surface area contributed by atoms with Crippen molar-refractivity contribution in [2.45, 2.75) is 13.3 Å². The molecule has 0 spiro atoms. The molecule has 0 saturated carbocycles. The fourth-order valence-electron chi connectivity index (χ4n) is 1.35. The van der Waals surface area contributed by atoms with Crippen molar-refractivity contribution >= 4 is 45.6 Å². The van der Waals surface area contributed by atoms with Gasteiger partial charge in [0.2, 0.25) is 5.91 Å². The Balaban J connectivity index is 2.02. The van der Waals surface area contributed by atoms with Crippen molar-refractivity contribution in [1.82, 2.24) is 9.97 Å². The van der Waals surface area contributed by atoms with E-state index in [0.29, 0.717) is 15.8 Å². The van der Waals surface area contributed by atoms with Crippen molar-refractivity contribution in [3.8, 4) is 0 Å². The Kier molecular flexibility index (Phi) is 4.16. The van der Waals surface area contributed by atoms with Gasteiger partial charge in [-0.2, -0.15) is 0 Å². The van der Waals surface area contributed by atoms with E-state index in [1.165, 1.54) is 17.4 Å². The molecule has 0 aromatic carbocycles. The van der Waals surface area contributed by atoms with Crippen LogP contribution in [0.5, 0.6) is 0 Å².